The zero-order chi connectivity index (χ0) is 15.5. The molecule has 0 aliphatic carbocycles. The second-order valence-electron chi connectivity index (χ2n) is 4.66. The van der Waals surface area contributed by atoms with Crippen molar-refractivity contribution in [1.29, 1.82) is 0 Å². The zero-order valence-electron chi connectivity index (χ0n) is 12.3. The van der Waals surface area contributed by atoms with Crippen LogP contribution in [0.1, 0.15) is 28.1 Å². The van der Waals surface area contributed by atoms with E-state index in [4.69, 9.17) is 0 Å². The molecule has 2 rings (SSSR count). The Morgan fingerprint density at radius 2 is 2.05 bits per heavy atom. The molecule has 0 fully saturated rings. The highest BCUT2D eigenvalue weighted by Gasteiger charge is 2.19. The number of hydrogen-bond donors (Lipinski definition) is 2. The monoisotopic (exact) mass is 345 g/mol. The first-order valence-corrected chi connectivity index (χ1v) is 9.81. The minimum Gasteiger partial charge on any atom is -0.312 e. The van der Waals surface area contributed by atoms with Gasteiger partial charge in [-0.1, -0.05) is 6.92 Å². The minimum absolute atomic E-state index is 0.236. The summed E-state index contributed by atoms with van der Waals surface area (Å²) in [6, 6.07) is 1.73. The largest absolute Gasteiger partial charge is 0.312 e. The first-order chi connectivity index (χ1) is 9.92. The highest BCUT2D eigenvalue weighted by molar-refractivity contribution is 7.91. The Hall–Kier alpha value is -0.800. The molecule has 0 aliphatic rings. The standard InChI is InChI=1S/C13H19N3O2S3/c1-4-14-6-11-9(2)5-13(20-11)21(17,18)15-7-12-16-10(3)8-19-12/h5,8,14-15H,4,6-7H2,1-3H3. The van der Waals surface area contributed by atoms with Crippen LogP contribution in [0.5, 0.6) is 0 Å². The van der Waals surface area contributed by atoms with Crippen molar-refractivity contribution < 1.29 is 8.42 Å². The summed E-state index contributed by atoms with van der Waals surface area (Å²) in [6.07, 6.45) is 0. The van der Waals surface area contributed by atoms with E-state index in [1.165, 1.54) is 22.7 Å². The molecule has 5 nitrogen and oxygen atoms in total. The van der Waals surface area contributed by atoms with Gasteiger partial charge in [-0.05, 0) is 32.0 Å². The first-order valence-electron chi connectivity index (χ1n) is 6.63. The van der Waals surface area contributed by atoms with Crippen LogP contribution in [0, 0.1) is 13.8 Å². The first kappa shape index (κ1) is 16.6. The van der Waals surface area contributed by atoms with Gasteiger partial charge in [0.2, 0.25) is 10.0 Å². The predicted molar refractivity (Wildman–Crippen MR) is 87.3 cm³/mol. The second-order valence-corrected chi connectivity index (χ2v) is 8.73. The molecule has 116 valence electrons. The predicted octanol–water partition coefficient (Wildman–Crippen LogP) is 2.41. The van der Waals surface area contributed by atoms with Crippen LogP contribution in [0.3, 0.4) is 0 Å². The Labute approximate surface area is 133 Å². The van der Waals surface area contributed by atoms with E-state index in [0.29, 0.717) is 10.8 Å². The van der Waals surface area contributed by atoms with E-state index >= 15 is 0 Å². The number of aryl methyl sites for hydroxylation is 2. The topological polar surface area (TPSA) is 71.1 Å². The Bertz CT molecular complexity index is 704. The van der Waals surface area contributed by atoms with Crippen molar-refractivity contribution in [2.24, 2.45) is 0 Å². The van der Waals surface area contributed by atoms with Crippen LogP contribution in [0.4, 0.5) is 0 Å². The van der Waals surface area contributed by atoms with Crippen LogP contribution in [-0.2, 0) is 23.1 Å². The average Bonchev–Trinajstić information content (AvgIpc) is 3.01. The van der Waals surface area contributed by atoms with Crippen molar-refractivity contribution in [3.05, 3.63) is 32.6 Å². The summed E-state index contributed by atoms with van der Waals surface area (Å²) in [7, 11) is -3.47. The summed E-state index contributed by atoms with van der Waals surface area (Å²) in [5, 5.41) is 5.90. The van der Waals surface area contributed by atoms with Crippen molar-refractivity contribution in [1.82, 2.24) is 15.0 Å². The molecule has 21 heavy (non-hydrogen) atoms. The van der Waals surface area contributed by atoms with Crippen molar-refractivity contribution in [3.8, 4) is 0 Å². The molecule has 2 heterocycles. The molecule has 0 amide bonds. The number of rotatable bonds is 7. The van der Waals surface area contributed by atoms with Gasteiger partial charge in [0.15, 0.2) is 0 Å². The number of sulfonamides is 1. The van der Waals surface area contributed by atoms with E-state index in [9.17, 15) is 8.42 Å². The lowest BCUT2D eigenvalue weighted by Gasteiger charge is -2.02. The molecule has 0 spiro atoms. The van der Waals surface area contributed by atoms with Crippen molar-refractivity contribution in [2.75, 3.05) is 6.54 Å². The highest BCUT2D eigenvalue weighted by atomic mass is 32.2. The van der Waals surface area contributed by atoms with Gasteiger partial charge in [0, 0.05) is 22.5 Å². The van der Waals surface area contributed by atoms with Gasteiger partial charge in [0.1, 0.15) is 9.22 Å². The Balaban J connectivity index is 2.08. The van der Waals surface area contributed by atoms with Crippen LogP contribution in [-0.4, -0.2) is 19.9 Å². The van der Waals surface area contributed by atoms with Gasteiger partial charge < -0.3 is 5.32 Å². The molecule has 0 saturated carbocycles. The summed E-state index contributed by atoms with van der Waals surface area (Å²) < 4.78 is 27.6. The molecule has 2 N–H and O–H groups in total. The van der Waals surface area contributed by atoms with Crippen LogP contribution < -0.4 is 10.0 Å². The number of aromatic nitrogens is 1. The summed E-state index contributed by atoms with van der Waals surface area (Å²) in [5.74, 6) is 0. The summed E-state index contributed by atoms with van der Waals surface area (Å²) in [4.78, 5) is 5.31. The molecule has 0 aromatic carbocycles. The smallest absolute Gasteiger partial charge is 0.250 e. The quantitative estimate of drug-likeness (QED) is 0.808. The van der Waals surface area contributed by atoms with E-state index in [1.807, 2.05) is 26.2 Å². The van der Waals surface area contributed by atoms with Gasteiger partial charge in [0.05, 0.1) is 6.54 Å². The van der Waals surface area contributed by atoms with Gasteiger partial charge in [-0.3, -0.25) is 0 Å². The average molecular weight is 346 g/mol. The summed E-state index contributed by atoms with van der Waals surface area (Å²) >= 11 is 2.78. The minimum atomic E-state index is -3.47. The molecule has 2 aromatic rings. The van der Waals surface area contributed by atoms with Crippen LogP contribution >= 0.6 is 22.7 Å². The van der Waals surface area contributed by atoms with Crippen LogP contribution in [0.2, 0.25) is 0 Å². The fraction of sp³-hybridized carbons (Fsp3) is 0.462. The third kappa shape index (κ3) is 4.33. The lowest BCUT2D eigenvalue weighted by atomic mass is 10.3. The third-order valence-corrected chi connectivity index (χ3v) is 6.96. The van der Waals surface area contributed by atoms with Gasteiger partial charge in [0.25, 0.3) is 0 Å². The van der Waals surface area contributed by atoms with E-state index in [1.54, 1.807) is 6.07 Å². The molecule has 2 aromatic heterocycles. The number of nitrogens with zero attached hydrogens (tertiary/aromatic N) is 1. The molecular weight excluding hydrogens is 326 g/mol. The molecule has 8 heteroatoms. The maximum Gasteiger partial charge on any atom is 0.250 e. The maximum atomic E-state index is 12.3. The van der Waals surface area contributed by atoms with Gasteiger partial charge >= 0.3 is 0 Å². The molecule has 0 bridgehead atoms. The summed E-state index contributed by atoms with van der Waals surface area (Å²) in [5.41, 5.74) is 1.92. The van der Waals surface area contributed by atoms with E-state index in [2.05, 4.69) is 15.0 Å². The van der Waals surface area contributed by atoms with Crippen LogP contribution in [0.15, 0.2) is 15.7 Å². The SMILES string of the molecule is CCNCc1sc(S(=O)(=O)NCc2nc(C)cs2)cc1C. The van der Waals surface area contributed by atoms with Gasteiger partial charge in [-0.25, -0.2) is 18.1 Å². The Kier molecular flexibility index (Phi) is 5.50. The van der Waals surface area contributed by atoms with Gasteiger partial charge in [-0.2, -0.15) is 0 Å². The van der Waals surface area contributed by atoms with Gasteiger partial charge in [-0.15, -0.1) is 22.7 Å². The van der Waals surface area contributed by atoms with Crippen molar-refractivity contribution in [2.45, 2.75) is 38.1 Å². The number of hydrogen-bond acceptors (Lipinski definition) is 6. The Morgan fingerprint density at radius 1 is 1.29 bits per heavy atom. The van der Waals surface area contributed by atoms with Crippen molar-refractivity contribution >= 4 is 32.7 Å². The fourth-order valence-corrected chi connectivity index (χ4v) is 5.14. The molecule has 0 aliphatic heterocycles. The normalized spacial score (nSPS) is 12.0. The van der Waals surface area contributed by atoms with Crippen LogP contribution in [0.25, 0.3) is 0 Å². The lowest BCUT2D eigenvalue weighted by molar-refractivity contribution is 0.583. The molecule has 0 saturated heterocycles. The number of thiophene rings is 1. The van der Waals surface area contributed by atoms with E-state index in [-0.39, 0.29) is 6.54 Å². The third-order valence-electron chi connectivity index (χ3n) is 2.88. The second kappa shape index (κ2) is 6.97. The highest BCUT2D eigenvalue weighted by Crippen LogP contribution is 2.26. The fourth-order valence-electron chi connectivity index (χ4n) is 1.75. The number of nitrogens with one attached hydrogen (secondary N) is 2. The van der Waals surface area contributed by atoms with Crippen molar-refractivity contribution in [3.63, 3.8) is 0 Å². The van der Waals surface area contributed by atoms with E-state index < -0.39 is 10.0 Å². The maximum absolute atomic E-state index is 12.3. The molecule has 0 unspecified atom stereocenters. The lowest BCUT2D eigenvalue weighted by Crippen LogP contribution is -2.22. The summed E-state index contributed by atoms with van der Waals surface area (Å²) in [6.45, 7) is 7.66. The number of thiazole rings is 1. The van der Waals surface area contributed by atoms with E-state index in [0.717, 1.165) is 27.7 Å². The molecule has 0 atom stereocenters. The Morgan fingerprint density at radius 3 is 2.67 bits per heavy atom. The zero-order valence-corrected chi connectivity index (χ0v) is 14.7. The molecular formula is C13H19N3O2S3. The molecule has 0 radical (unpaired) electrons.